The Balaban J connectivity index is 2.33. The minimum absolute atomic E-state index is 0.0346. The van der Waals surface area contributed by atoms with Crippen LogP contribution in [0.3, 0.4) is 0 Å². The van der Waals surface area contributed by atoms with Crippen molar-refractivity contribution in [2.75, 3.05) is 27.3 Å². The van der Waals surface area contributed by atoms with Gasteiger partial charge in [0.2, 0.25) is 5.91 Å². The van der Waals surface area contributed by atoms with Gasteiger partial charge in [-0.1, -0.05) is 26.2 Å². The largest absolute Gasteiger partial charge is 0.384 e. The lowest BCUT2D eigenvalue weighted by molar-refractivity contribution is -0.123. The first kappa shape index (κ1) is 15.4. The Morgan fingerprint density at radius 1 is 1.33 bits per heavy atom. The van der Waals surface area contributed by atoms with Crippen LogP contribution in [0.2, 0.25) is 0 Å². The van der Waals surface area contributed by atoms with Crippen molar-refractivity contribution in [1.29, 1.82) is 0 Å². The Morgan fingerprint density at radius 2 is 2.00 bits per heavy atom. The smallest absolute Gasteiger partial charge is 0.221 e. The third-order valence-corrected chi connectivity index (χ3v) is 3.94. The molecular weight excluding hydrogens is 228 g/mol. The molecule has 1 aliphatic carbocycles. The van der Waals surface area contributed by atoms with Gasteiger partial charge in [0.25, 0.3) is 0 Å². The monoisotopic (exact) mass is 256 g/mol. The maximum Gasteiger partial charge on any atom is 0.221 e. The van der Waals surface area contributed by atoms with Gasteiger partial charge in [-0.15, -0.1) is 0 Å². The van der Waals surface area contributed by atoms with Gasteiger partial charge < -0.3 is 15.4 Å². The highest BCUT2D eigenvalue weighted by molar-refractivity contribution is 5.77. The number of carbonyl (C=O) groups is 1. The molecule has 18 heavy (non-hydrogen) atoms. The number of nitrogens with one attached hydrogen (secondary N) is 2. The molecule has 1 rings (SSSR count). The SMILES string of the molecule is CNC1(CC(=O)NCC(C)COC)CCCCC1. The van der Waals surface area contributed by atoms with E-state index >= 15 is 0 Å². The molecule has 1 fully saturated rings. The van der Waals surface area contributed by atoms with Gasteiger partial charge in [0, 0.05) is 25.6 Å². The van der Waals surface area contributed by atoms with E-state index in [1.807, 2.05) is 7.05 Å². The van der Waals surface area contributed by atoms with E-state index in [-0.39, 0.29) is 11.4 Å². The summed E-state index contributed by atoms with van der Waals surface area (Å²) in [6.07, 6.45) is 6.59. The Bertz CT molecular complexity index is 250. The molecule has 1 unspecified atom stereocenters. The zero-order valence-electron chi connectivity index (χ0n) is 12.1. The Labute approximate surface area is 111 Å². The number of methoxy groups -OCH3 is 1. The van der Waals surface area contributed by atoms with Crippen LogP contribution in [0.25, 0.3) is 0 Å². The van der Waals surface area contributed by atoms with E-state index in [0.29, 0.717) is 25.5 Å². The molecule has 4 heteroatoms. The molecule has 0 heterocycles. The van der Waals surface area contributed by atoms with Gasteiger partial charge in [-0.2, -0.15) is 0 Å². The maximum absolute atomic E-state index is 12.0. The van der Waals surface area contributed by atoms with Gasteiger partial charge in [-0.25, -0.2) is 0 Å². The molecule has 106 valence electrons. The first-order chi connectivity index (χ1) is 8.62. The first-order valence-electron chi connectivity index (χ1n) is 7.06. The lowest BCUT2D eigenvalue weighted by Crippen LogP contribution is -2.48. The maximum atomic E-state index is 12.0. The van der Waals surface area contributed by atoms with Crippen LogP contribution >= 0.6 is 0 Å². The topological polar surface area (TPSA) is 50.4 Å². The highest BCUT2D eigenvalue weighted by atomic mass is 16.5. The van der Waals surface area contributed by atoms with Crippen LogP contribution in [0.4, 0.5) is 0 Å². The van der Waals surface area contributed by atoms with E-state index in [4.69, 9.17) is 4.74 Å². The molecule has 0 radical (unpaired) electrons. The molecule has 0 saturated heterocycles. The predicted octanol–water partition coefficient (Wildman–Crippen LogP) is 1.70. The van der Waals surface area contributed by atoms with E-state index in [0.717, 1.165) is 12.8 Å². The van der Waals surface area contributed by atoms with Crippen molar-refractivity contribution in [2.45, 2.75) is 51.0 Å². The molecule has 0 aromatic heterocycles. The van der Waals surface area contributed by atoms with Crippen molar-refractivity contribution in [1.82, 2.24) is 10.6 Å². The molecule has 1 amide bonds. The van der Waals surface area contributed by atoms with Crippen molar-refractivity contribution >= 4 is 5.91 Å². The van der Waals surface area contributed by atoms with Gasteiger partial charge in [0.05, 0.1) is 6.61 Å². The van der Waals surface area contributed by atoms with Crippen LogP contribution in [-0.2, 0) is 9.53 Å². The first-order valence-corrected chi connectivity index (χ1v) is 7.06. The van der Waals surface area contributed by atoms with Crippen LogP contribution in [0.5, 0.6) is 0 Å². The molecule has 0 aromatic carbocycles. The van der Waals surface area contributed by atoms with Gasteiger partial charge >= 0.3 is 0 Å². The lowest BCUT2D eigenvalue weighted by Gasteiger charge is -2.36. The van der Waals surface area contributed by atoms with E-state index in [9.17, 15) is 4.79 Å². The molecule has 0 spiro atoms. The van der Waals surface area contributed by atoms with Crippen molar-refractivity contribution < 1.29 is 9.53 Å². The van der Waals surface area contributed by atoms with Gasteiger partial charge in [0.1, 0.15) is 0 Å². The summed E-state index contributed by atoms with van der Waals surface area (Å²) < 4.78 is 5.06. The standard InChI is InChI=1S/C14H28N2O2/c1-12(11-18-3)10-16-13(17)9-14(15-2)7-5-4-6-8-14/h12,15H,4-11H2,1-3H3,(H,16,17). The Morgan fingerprint density at radius 3 is 2.56 bits per heavy atom. The number of rotatable bonds is 7. The summed E-state index contributed by atoms with van der Waals surface area (Å²) in [7, 11) is 3.67. The normalized spacial score (nSPS) is 20.4. The molecule has 4 nitrogen and oxygen atoms in total. The van der Waals surface area contributed by atoms with Crippen molar-refractivity contribution in [3.8, 4) is 0 Å². The van der Waals surface area contributed by atoms with E-state index in [1.54, 1.807) is 7.11 Å². The number of ether oxygens (including phenoxy) is 1. The average Bonchev–Trinajstić information content (AvgIpc) is 2.38. The predicted molar refractivity (Wildman–Crippen MR) is 73.5 cm³/mol. The van der Waals surface area contributed by atoms with Crippen LogP contribution in [0, 0.1) is 5.92 Å². The summed E-state index contributed by atoms with van der Waals surface area (Å²) in [5.41, 5.74) is 0.0346. The van der Waals surface area contributed by atoms with Gasteiger partial charge in [-0.3, -0.25) is 4.79 Å². The average molecular weight is 256 g/mol. The van der Waals surface area contributed by atoms with Crippen LogP contribution in [0.1, 0.15) is 45.4 Å². The summed E-state index contributed by atoms with van der Waals surface area (Å²) in [5.74, 6) is 0.532. The third-order valence-electron chi connectivity index (χ3n) is 3.94. The fraction of sp³-hybridized carbons (Fsp3) is 0.929. The quantitative estimate of drug-likeness (QED) is 0.729. The molecule has 1 aliphatic rings. The number of hydrogen-bond donors (Lipinski definition) is 2. The van der Waals surface area contributed by atoms with E-state index in [2.05, 4.69) is 17.6 Å². The van der Waals surface area contributed by atoms with Crippen LogP contribution in [-0.4, -0.2) is 38.8 Å². The van der Waals surface area contributed by atoms with Crippen molar-refractivity contribution in [3.63, 3.8) is 0 Å². The van der Waals surface area contributed by atoms with E-state index in [1.165, 1.54) is 19.3 Å². The minimum Gasteiger partial charge on any atom is -0.384 e. The highest BCUT2D eigenvalue weighted by Gasteiger charge is 2.32. The zero-order chi connectivity index (χ0) is 13.4. The second kappa shape index (κ2) is 7.74. The number of hydrogen-bond acceptors (Lipinski definition) is 3. The summed E-state index contributed by atoms with van der Waals surface area (Å²) in [6.45, 7) is 3.47. The van der Waals surface area contributed by atoms with E-state index < -0.39 is 0 Å². The Hall–Kier alpha value is -0.610. The summed E-state index contributed by atoms with van der Waals surface area (Å²) >= 11 is 0. The minimum atomic E-state index is 0.0346. The van der Waals surface area contributed by atoms with Crippen molar-refractivity contribution in [3.05, 3.63) is 0 Å². The molecule has 1 atom stereocenters. The second-order valence-corrected chi connectivity index (χ2v) is 5.63. The van der Waals surface area contributed by atoms with Gasteiger partial charge in [-0.05, 0) is 25.8 Å². The zero-order valence-corrected chi connectivity index (χ0v) is 12.1. The van der Waals surface area contributed by atoms with Crippen LogP contribution in [0.15, 0.2) is 0 Å². The highest BCUT2D eigenvalue weighted by Crippen LogP contribution is 2.30. The van der Waals surface area contributed by atoms with Crippen molar-refractivity contribution in [2.24, 2.45) is 5.92 Å². The third kappa shape index (κ3) is 4.94. The molecule has 0 bridgehead atoms. The molecule has 2 N–H and O–H groups in total. The van der Waals surface area contributed by atoms with Gasteiger partial charge in [0.15, 0.2) is 0 Å². The molecule has 0 aliphatic heterocycles. The lowest BCUT2D eigenvalue weighted by atomic mass is 9.79. The second-order valence-electron chi connectivity index (χ2n) is 5.63. The fourth-order valence-corrected chi connectivity index (χ4v) is 2.75. The molecule has 0 aromatic rings. The van der Waals surface area contributed by atoms with Crippen LogP contribution < -0.4 is 10.6 Å². The Kier molecular flexibility index (Phi) is 6.65. The summed E-state index contributed by atoms with van der Waals surface area (Å²) in [6, 6.07) is 0. The summed E-state index contributed by atoms with van der Waals surface area (Å²) in [5, 5.41) is 6.39. The summed E-state index contributed by atoms with van der Waals surface area (Å²) in [4.78, 5) is 12.0. The molecule has 1 saturated carbocycles. The number of carbonyl (C=O) groups excluding carboxylic acids is 1. The molecular formula is C14H28N2O2. The fourth-order valence-electron chi connectivity index (χ4n) is 2.75. The number of amides is 1.